The molecule has 0 bridgehead atoms. The topological polar surface area (TPSA) is 36.1 Å². The zero-order chi connectivity index (χ0) is 24.0. The molecule has 2 fully saturated rings. The van der Waals surface area contributed by atoms with Gasteiger partial charge in [-0.25, -0.2) is 0 Å². The molecule has 0 amide bonds. The van der Waals surface area contributed by atoms with E-state index in [2.05, 4.69) is 28.1 Å². The standard InChI is InChI=1S/C5H11N.C5H7N.C4H9N.6C2H6.CH4/c2*1-2-4-6-5-3-1;1-2-4-5-3-1;6*1-2;/h6H,1-5H2;2-6H,1H2;5H,1-4H2;6*1-2H3;1H4. The van der Waals surface area contributed by atoms with Crippen molar-refractivity contribution in [3.05, 3.63) is 24.6 Å². The molecule has 0 spiro atoms. The second-order valence-electron chi connectivity index (χ2n) is 4.47. The molecule has 3 nitrogen and oxygen atoms in total. The summed E-state index contributed by atoms with van der Waals surface area (Å²) in [6, 6.07) is 0. The van der Waals surface area contributed by atoms with Crippen LogP contribution in [0.25, 0.3) is 0 Å². The van der Waals surface area contributed by atoms with Crippen molar-refractivity contribution < 1.29 is 0 Å². The van der Waals surface area contributed by atoms with Crippen LogP contribution in [0.2, 0.25) is 0 Å². The molecular weight excluding hydrogens is 366 g/mol. The van der Waals surface area contributed by atoms with Crippen LogP contribution in [0.1, 0.15) is 129 Å². The minimum atomic E-state index is 0. The zero-order valence-electron chi connectivity index (χ0n) is 22.9. The summed E-state index contributed by atoms with van der Waals surface area (Å²) in [6.45, 7) is 29.0. The third-order valence-corrected chi connectivity index (χ3v) is 2.86. The van der Waals surface area contributed by atoms with Crippen LogP contribution in [0.3, 0.4) is 0 Å². The third-order valence-electron chi connectivity index (χ3n) is 2.86. The Kier molecular flexibility index (Phi) is 125. The lowest BCUT2D eigenvalue weighted by Crippen LogP contribution is -2.21. The summed E-state index contributed by atoms with van der Waals surface area (Å²) in [6.07, 6.45) is 16.1. The maximum Gasteiger partial charge on any atom is -0.00326 e. The van der Waals surface area contributed by atoms with Crippen molar-refractivity contribution in [2.45, 2.75) is 129 Å². The summed E-state index contributed by atoms with van der Waals surface area (Å²) >= 11 is 0. The number of hydrogen-bond donors (Lipinski definition) is 3. The van der Waals surface area contributed by atoms with Gasteiger partial charge in [-0.15, -0.1) is 0 Å². The lowest BCUT2D eigenvalue weighted by atomic mass is 10.2. The van der Waals surface area contributed by atoms with E-state index in [0.717, 1.165) is 6.42 Å². The molecule has 2 saturated heterocycles. The summed E-state index contributed by atoms with van der Waals surface area (Å²) < 4.78 is 0. The maximum absolute atomic E-state index is 3.28. The normalized spacial score (nSPS) is 13.5. The fourth-order valence-electron chi connectivity index (χ4n) is 1.83. The number of allylic oxidation sites excluding steroid dienone is 2. The van der Waals surface area contributed by atoms with Gasteiger partial charge in [-0.1, -0.05) is 109 Å². The van der Waals surface area contributed by atoms with Gasteiger partial charge in [0.05, 0.1) is 0 Å². The maximum atomic E-state index is 3.28. The Bertz CT molecular complexity index is 167. The SMILES string of the molecule is C.C1=CNC=CC1.C1CCNC1.C1CCNCC1.CC.CC.CC.CC.CC.CC. The lowest BCUT2D eigenvalue weighted by molar-refractivity contribution is 0.520. The summed E-state index contributed by atoms with van der Waals surface area (Å²) in [5, 5.41) is 9.43. The van der Waals surface area contributed by atoms with E-state index in [0.29, 0.717) is 0 Å². The van der Waals surface area contributed by atoms with Crippen LogP contribution in [0.15, 0.2) is 24.6 Å². The third kappa shape index (κ3) is 71.1. The molecule has 3 aliphatic heterocycles. The van der Waals surface area contributed by atoms with Crippen molar-refractivity contribution in [3.8, 4) is 0 Å². The highest BCUT2D eigenvalue weighted by molar-refractivity contribution is 4.98. The summed E-state index contributed by atoms with van der Waals surface area (Å²) in [4.78, 5) is 0. The summed E-state index contributed by atoms with van der Waals surface area (Å²) in [5.41, 5.74) is 0. The van der Waals surface area contributed by atoms with E-state index in [-0.39, 0.29) is 7.43 Å². The van der Waals surface area contributed by atoms with Gasteiger partial charge in [0.2, 0.25) is 0 Å². The number of rotatable bonds is 0. The largest absolute Gasteiger partial charge is 0.368 e. The van der Waals surface area contributed by atoms with E-state index in [1.165, 1.54) is 58.3 Å². The molecule has 0 unspecified atom stereocenters. The van der Waals surface area contributed by atoms with E-state index in [1.807, 2.05) is 95.5 Å². The van der Waals surface area contributed by atoms with Crippen molar-refractivity contribution in [2.75, 3.05) is 26.2 Å². The predicted octanol–water partition coefficient (Wildman–Crippen LogP) is 8.93. The van der Waals surface area contributed by atoms with Gasteiger partial charge in [0.25, 0.3) is 0 Å². The van der Waals surface area contributed by atoms with Gasteiger partial charge in [0, 0.05) is 0 Å². The minimum Gasteiger partial charge on any atom is -0.368 e. The molecule has 0 aromatic rings. The Balaban J connectivity index is -0.0000000421. The van der Waals surface area contributed by atoms with Crippen molar-refractivity contribution in [2.24, 2.45) is 0 Å². The van der Waals surface area contributed by atoms with E-state index < -0.39 is 0 Å². The highest BCUT2D eigenvalue weighted by Gasteiger charge is 1.94. The Labute approximate surface area is 196 Å². The highest BCUT2D eigenvalue weighted by atomic mass is 14.9. The number of nitrogens with one attached hydrogen (secondary N) is 3. The van der Waals surface area contributed by atoms with Crippen molar-refractivity contribution in [3.63, 3.8) is 0 Å². The highest BCUT2D eigenvalue weighted by Crippen LogP contribution is 1.96. The smallest absolute Gasteiger partial charge is 0.00326 e. The van der Waals surface area contributed by atoms with Gasteiger partial charge in [-0.2, -0.15) is 0 Å². The summed E-state index contributed by atoms with van der Waals surface area (Å²) in [7, 11) is 0. The molecule has 3 aliphatic rings. The Morgan fingerprint density at radius 2 is 0.700 bits per heavy atom. The van der Waals surface area contributed by atoms with E-state index in [4.69, 9.17) is 0 Å². The van der Waals surface area contributed by atoms with Crippen LogP contribution in [-0.4, -0.2) is 26.2 Å². The van der Waals surface area contributed by atoms with Crippen molar-refractivity contribution >= 4 is 0 Å². The molecule has 3 heteroatoms. The first-order valence-corrected chi connectivity index (χ1v) is 13.0. The molecule has 3 N–H and O–H groups in total. The van der Waals surface area contributed by atoms with E-state index in [1.54, 1.807) is 0 Å². The van der Waals surface area contributed by atoms with E-state index >= 15 is 0 Å². The molecule has 0 aromatic carbocycles. The molecule has 0 atom stereocenters. The monoisotopic (exact) mass is 434 g/mol. The minimum absolute atomic E-state index is 0. The molecule has 0 aliphatic carbocycles. The van der Waals surface area contributed by atoms with Gasteiger partial charge in [-0.05, 0) is 70.7 Å². The molecule has 0 saturated carbocycles. The zero-order valence-corrected chi connectivity index (χ0v) is 22.9. The summed E-state index contributed by atoms with van der Waals surface area (Å²) in [5.74, 6) is 0. The van der Waals surface area contributed by atoms with Gasteiger partial charge < -0.3 is 16.0 Å². The second-order valence-corrected chi connectivity index (χ2v) is 4.47. The average Bonchev–Trinajstić information content (AvgIpc) is 3.50. The van der Waals surface area contributed by atoms with Gasteiger partial charge >= 0.3 is 0 Å². The van der Waals surface area contributed by atoms with Crippen LogP contribution in [0.5, 0.6) is 0 Å². The molecule has 3 heterocycles. The molecule has 3 rings (SSSR count). The number of hydrogen-bond acceptors (Lipinski definition) is 3. The van der Waals surface area contributed by atoms with Crippen LogP contribution in [0.4, 0.5) is 0 Å². The van der Waals surface area contributed by atoms with Crippen LogP contribution in [0, 0.1) is 0 Å². The van der Waals surface area contributed by atoms with Crippen molar-refractivity contribution in [1.82, 2.24) is 16.0 Å². The first-order chi connectivity index (χ1) is 14.5. The first-order valence-electron chi connectivity index (χ1n) is 13.0. The fraction of sp³-hybridized carbons (Fsp3) is 0.852. The number of piperidine rings is 1. The molecular formula is C27H67N3. The Morgan fingerprint density at radius 1 is 0.433 bits per heavy atom. The van der Waals surface area contributed by atoms with Gasteiger partial charge in [0.1, 0.15) is 0 Å². The molecule has 0 aromatic heterocycles. The van der Waals surface area contributed by atoms with E-state index in [9.17, 15) is 0 Å². The van der Waals surface area contributed by atoms with Gasteiger partial charge in [0.15, 0.2) is 0 Å². The van der Waals surface area contributed by atoms with Crippen molar-refractivity contribution in [1.29, 1.82) is 0 Å². The predicted molar refractivity (Wildman–Crippen MR) is 150 cm³/mol. The Hall–Kier alpha value is -0.800. The molecule has 30 heavy (non-hydrogen) atoms. The quantitative estimate of drug-likeness (QED) is 0.357. The fourth-order valence-corrected chi connectivity index (χ4v) is 1.83. The molecule has 0 radical (unpaired) electrons. The lowest BCUT2D eigenvalue weighted by Gasteiger charge is -2.08. The molecule has 190 valence electrons. The Morgan fingerprint density at radius 3 is 0.800 bits per heavy atom. The van der Waals surface area contributed by atoms with Crippen LogP contribution in [-0.2, 0) is 0 Å². The first kappa shape index (κ1) is 47.1. The van der Waals surface area contributed by atoms with Crippen LogP contribution < -0.4 is 16.0 Å². The average molecular weight is 434 g/mol. The second kappa shape index (κ2) is 79.5. The van der Waals surface area contributed by atoms with Gasteiger partial charge in [-0.3, -0.25) is 0 Å². The number of dihydropyridines is 1. The van der Waals surface area contributed by atoms with Crippen LogP contribution >= 0.6 is 0 Å².